The van der Waals surface area contributed by atoms with Gasteiger partial charge in [0.2, 0.25) is 0 Å². The standard InChI is InChI=1S/C46H29N3/c1-2-14-31(15-3-1)47-42-24-11-8-21-37(42)38-28-39-45(29-44(38)47)49(43-26-25-30-13-4-5-18-34(30)46(39)43)33-17-12-16-32(27-33)48-40-22-9-6-19-35(40)36-20-7-10-23-41(36)48/h1-29H/i12D,16D,17D,27D. The van der Waals surface area contributed by atoms with E-state index in [1.54, 1.807) is 0 Å². The van der Waals surface area contributed by atoms with Crippen LogP contribution in [0.1, 0.15) is 5.48 Å². The highest BCUT2D eigenvalue weighted by atomic mass is 15.0. The van der Waals surface area contributed by atoms with Crippen LogP contribution in [-0.2, 0) is 0 Å². The fourth-order valence-electron chi connectivity index (χ4n) is 8.06. The average molecular weight is 628 g/mol. The molecule has 0 atom stereocenters. The Morgan fingerprint density at radius 1 is 0.347 bits per heavy atom. The van der Waals surface area contributed by atoms with Crippen LogP contribution in [0.3, 0.4) is 0 Å². The van der Waals surface area contributed by atoms with Gasteiger partial charge in [-0.3, -0.25) is 0 Å². The molecule has 0 bridgehead atoms. The SMILES string of the molecule is [2H]c1c([2H])c(-n2c3ccccc3c3ccccc32)c([2H])c(-n2c3cc4c(cc3c3c5ccccc5ccc32)c2ccccc2n4-c2ccccc2)c1[2H]. The summed E-state index contributed by atoms with van der Waals surface area (Å²) in [6, 6.07) is 51.3. The largest absolute Gasteiger partial charge is 0.309 e. The van der Waals surface area contributed by atoms with Crippen molar-refractivity contribution >= 4 is 76.2 Å². The van der Waals surface area contributed by atoms with Crippen molar-refractivity contribution in [2.75, 3.05) is 0 Å². The molecule has 3 heterocycles. The zero-order valence-electron chi connectivity index (χ0n) is 30.3. The molecule has 8 aromatic carbocycles. The maximum atomic E-state index is 10.00. The van der Waals surface area contributed by atoms with Gasteiger partial charge in [-0.2, -0.15) is 0 Å². The summed E-state index contributed by atoms with van der Waals surface area (Å²) in [4.78, 5) is 0. The first kappa shape index (κ1) is 22.9. The molecule has 11 rings (SSSR count). The topological polar surface area (TPSA) is 14.8 Å². The lowest BCUT2D eigenvalue weighted by molar-refractivity contribution is 1.13. The van der Waals surface area contributed by atoms with Crippen LogP contribution < -0.4 is 0 Å². The van der Waals surface area contributed by atoms with E-state index in [1.165, 1.54) is 0 Å². The summed E-state index contributed by atoms with van der Waals surface area (Å²) in [6.07, 6.45) is 0. The molecule has 0 saturated carbocycles. The smallest absolute Gasteiger partial charge is 0.0667 e. The number of nitrogens with zero attached hydrogens (tertiary/aromatic N) is 3. The molecule has 228 valence electrons. The van der Waals surface area contributed by atoms with Crippen LogP contribution in [0.25, 0.3) is 93.3 Å². The summed E-state index contributed by atoms with van der Waals surface area (Å²) in [5.41, 5.74) is 7.06. The van der Waals surface area contributed by atoms with E-state index in [0.717, 1.165) is 81.9 Å². The van der Waals surface area contributed by atoms with E-state index in [4.69, 9.17) is 0 Å². The highest BCUT2D eigenvalue weighted by Crippen LogP contribution is 2.42. The number of benzene rings is 8. The van der Waals surface area contributed by atoms with Crippen molar-refractivity contribution in [2.24, 2.45) is 0 Å². The lowest BCUT2D eigenvalue weighted by Crippen LogP contribution is -1.99. The molecule has 49 heavy (non-hydrogen) atoms. The molecule has 0 unspecified atom stereocenters. The highest BCUT2D eigenvalue weighted by molar-refractivity contribution is 6.25. The van der Waals surface area contributed by atoms with Crippen LogP contribution in [-0.4, -0.2) is 13.7 Å². The first-order valence-corrected chi connectivity index (χ1v) is 16.5. The Morgan fingerprint density at radius 2 is 0.857 bits per heavy atom. The number of hydrogen-bond acceptors (Lipinski definition) is 0. The third-order valence-corrected chi connectivity index (χ3v) is 10.1. The molecule has 0 radical (unpaired) electrons. The summed E-state index contributed by atoms with van der Waals surface area (Å²) < 4.78 is 44.2. The maximum Gasteiger partial charge on any atom is 0.0667 e. The fourth-order valence-corrected chi connectivity index (χ4v) is 8.06. The predicted octanol–water partition coefficient (Wildman–Crippen LogP) is 12.1. The third-order valence-electron chi connectivity index (χ3n) is 10.1. The van der Waals surface area contributed by atoms with Crippen molar-refractivity contribution in [3.05, 3.63) is 176 Å². The van der Waals surface area contributed by atoms with E-state index in [9.17, 15) is 5.48 Å². The van der Waals surface area contributed by atoms with E-state index in [2.05, 4.69) is 89.5 Å². The molecule has 0 aliphatic heterocycles. The Labute approximate surface area is 287 Å². The summed E-state index contributed by atoms with van der Waals surface area (Å²) in [5, 5.41) is 8.44. The van der Waals surface area contributed by atoms with E-state index < -0.39 is 0 Å². The van der Waals surface area contributed by atoms with Crippen molar-refractivity contribution in [3.8, 4) is 17.1 Å². The van der Waals surface area contributed by atoms with Gasteiger partial charge in [0.05, 0.1) is 38.6 Å². The summed E-state index contributed by atoms with van der Waals surface area (Å²) >= 11 is 0. The van der Waals surface area contributed by atoms with Crippen LogP contribution in [0.4, 0.5) is 0 Å². The monoisotopic (exact) mass is 627 g/mol. The number of fused-ring (bicyclic) bond motifs is 11. The molecule has 0 spiro atoms. The van der Waals surface area contributed by atoms with Crippen molar-refractivity contribution in [3.63, 3.8) is 0 Å². The minimum atomic E-state index is -0.219. The Balaban J connectivity index is 1.34. The molecular formula is C46H29N3. The number of aromatic nitrogens is 3. The van der Waals surface area contributed by atoms with Gasteiger partial charge in [0.1, 0.15) is 0 Å². The third kappa shape index (κ3) is 3.67. The average Bonchev–Trinajstić information content (AvgIpc) is 3.82. The van der Waals surface area contributed by atoms with E-state index in [0.29, 0.717) is 0 Å². The molecule has 0 fully saturated rings. The molecule has 0 saturated heterocycles. The van der Waals surface area contributed by atoms with Gasteiger partial charge in [-0.15, -0.1) is 0 Å². The zero-order valence-corrected chi connectivity index (χ0v) is 26.3. The lowest BCUT2D eigenvalue weighted by Gasteiger charge is -2.13. The minimum absolute atomic E-state index is 0.0261. The molecule has 0 aliphatic rings. The van der Waals surface area contributed by atoms with Crippen LogP contribution in [0, 0.1) is 0 Å². The van der Waals surface area contributed by atoms with Gasteiger partial charge in [0.15, 0.2) is 0 Å². The second kappa shape index (κ2) is 9.96. The van der Waals surface area contributed by atoms with Crippen molar-refractivity contribution in [2.45, 2.75) is 0 Å². The van der Waals surface area contributed by atoms with Gasteiger partial charge in [0, 0.05) is 49.4 Å². The van der Waals surface area contributed by atoms with Gasteiger partial charge in [-0.25, -0.2) is 0 Å². The second-order valence-corrected chi connectivity index (χ2v) is 12.7. The Morgan fingerprint density at radius 3 is 1.53 bits per heavy atom. The normalized spacial score (nSPS) is 13.2. The molecule has 3 heteroatoms. The van der Waals surface area contributed by atoms with Crippen LogP contribution in [0.5, 0.6) is 0 Å². The summed E-state index contributed by atoms with van der Waals surface area (Å²) in [7, 11) is 0. The number of para-hydroxylation sites is 4. The number of rotatable bonds is 3. The predicted molar refractivity (Wildman–Crippen MR) is 207 cm³/mol. The Hall–Kier alpha value is -6.58. The molecule has 3 aromatic heterocycles. The fraction of sp³-hybridized carbons (Fsp3) is 0. The zero-order chi connectivity index (χ0) is 35.5. The van der Waals surface area contributed by atoms with Crippen molar-refractivity contribution in [1.82, 2.24) is 13.7 Å². The molecular weight excluding hydrogens is 595 g/mol. The van der Waals surface area contributed by atoms with Crippen LogP contribution in [0.15, 0.2) is 176 Å². The maximum absolute atomic E-state index is 10.00. The molecule has 0 N–H and O–H groups in total. The quantitative estimate of drug-likeness (QED) is 0.185. The molecule has 0 amide bonds. The lowest BCUT2D eigenvalue weighted by atomic mass is 10.0. The Bertz CT molecular complexity index is 3280. The molecule has 0 aliphatic carbocycles. The highest BCUT2D eigenvalue weighted by Gasteiger charge is 2.20. The number of hydrogen-bond donors (Lipinski definition) is 0. The Kier molecular flexibility index (Phi) is 4.65. The first-order chi connectivity index (χ1) is 26.0. The van der Waals surface area contributed by atoms with E-state index in [-0.39, 0.29) is 35.5 Å². The van der Waals surface area contributed by atoms with E-state index >= 15 is 0 Å². The van der Waals surface area contributed by atoms with Gasteiger partial charge in [-0.1, -0.05) is 109 Å². The van der Waals surface area contributed by atoms with Gasteiger partial charge < -0.3 is 13.7 Å². The summed E-state index contributed by atoms with van der Waals surface area (Å²) in [5.74, 6) is 0. The molecule has 3 nitrogen and oxygen atoms in total. The van der Waals surface area contributed by atoms with Gasteiger partial charge >= 0.3 is 0 Å². The van der Waals surface area contributed by atoms with Gasteiger partial charge in [0.25, 0.3) is 0 Å². The van der Waals surface area contributed by atoms with Gasteiger partial charge in [-0.05, 0) is 77.4 Å². The molecule has 11 aromatic rings. The van der Waals surface area contributed by atoms with Crippen molar-refractivity contribution in [1.29, 1.82) is 0 Å². The van der Waals surface area contributed by atoms with Crippen LogP contribution in [0.2, 0.25) is 0 Å². The summed E-state index contributed by atoms with van der Waals surface area (Å²) in [6.45, 7) is 0. The van der Waals surface area contributed by atoms with Crippen LogP contribution >= 0.6 is 0 Å². The first-order valence-electron chi connectivity index (χ1n) is 18.5. The second-order valence-electron chi connectivity index (χ2n) is 12.7. The van der Waals surface area contributed by atoms with E-state index in [1.807, 2.05) is 75.9 Å². The minimum Gasteiger partial charge on any atom is -0.309 e. The van der Waals surface area contributed by atoms with Crippen molar-refractivity contribution < 1.29 is 5.48 Å².